The molecule has 1 aromatic heterocycles. The van der Waals surface area contributed by atoms with Crippen LogP contribution in [0.15, 0.2) is 30.7 Å². The third-order valence-corrected chi connectivity index (χ3v) is 4.97. The second-order valence-electron chi connectivity index (χ2n) is 6.58. The Labute approximate surface area is 147 Å². The lowest BCUT2D eigenvalue weighted by atomic mass is 10.1. The van der Waals surface area contributed by atoms with Crippen molar-refractivity contribution in [2.24, 2.45) is 0 Å². The number of nitrogens with zero attached hydrogens (tertiary/aromatic N) is 4. The summed E-state index contributed by atoms with van der Waals surface area (Å²) in [6, 6.07) is 6.54. The minimum absolute atomic E-state index is 0.0541. The van der Waals surface area contributed by atoms with Gasteiger partial charge >= 0.3 is 6.03 Å². The number of fused-ring (bicyclic) bond motifs is 1. The zero-order chi connectivity index (χ0) is 17.1. The summed E-state index contributed by atoms with van der Waals surface area (Å²) in [5.74, 6) is 0. The Bertz CT molecular complexity index is 739. The highest BCUT2D eigenvalue weighted by molar-refractivity contribution is 5.81. The molecule has 25 heavy (non-hydrogen) atoms. The number of urea groups is 1. The molecule has 0 spiro atoms. The summed E-state index contributed by atoms with van der Waals surface area (Å²) in [5.41, 5.74) is 2.11. The summed E-state index contributed by atoms with van der Waals surface area (Å²) >= 11 is 0. The minimum Gasteiger partial charge on any atom is -0.381 e. The maximum Gasteiger partial charge on any atom is 0.317 e. The standard InChI is InChI=1S/C18H23N5O2/c24-18(21-15-3-9-25-10-4-15)23-7-5-22(6-8-23)16-1-2-17-14(11-16)12-19-13-20-17/h1-2,11-13,15H,3-10H2,(H,21,24). The molecule has 0 aliphatic carbocycles. The number of carbonyl (C=O) groups excluding carboxylic acids is 1. The molecule has 7 heteroatoms. The number of nitrogens with one attached hydrogen (secondary N) is 1. The predicted molar refractivity (Wildman–Crippen MR) is 95.7 cm³/mol. The van der Waals surface area contributed by atoms with E-state index in [0.717, 1.165) is 68.8 Å². The zero-order valence-corrected chi connectivity index (χ0v) is 14.2. The van der Waals surface area contributed by atoms with Crippen molar-refractivity contribution in [1.29, 1.82) is 0 Å². The molecule has 1 aromatic carbocycles. The lowest BCUT2D eigenvalue weighted by molar-refractivity contribution is 0.0779. The van der Waals surface area contributed by atoms with Crippen LogP contribution in [0, 0.1) is 0 Å². The van der Waals surface area contributed by atoms with Crippen molar-refractivity contribution in [2.75, 3.05) is 44.3 Å². The van der Waals surface area contributed by atoms with Crippen LogP contribution in [0.1, 0.15) is 12.8 Å². The van der Waals surface area contributed by atoms with Gasteiger partial charge in [-0.2, -0.15) is 0 Å². The van der Waals surface area contributed by atoms with E-state index in [1.807, 2.05) is 17.2 Å². The number of ether oxygens (including phenoxy) is 1. The summed E-state index contributed by atoms with van der Waals surface area (Å²) in [5, 5.41) is 4.18. The van der Waals surface area contributed by atoms with E-state index in [4.69, 9.17) is 4.74 Å². The van der Waals surface area contributed by atoms with E-state index in [0.29, 0.717) is 0 Å². The minimum atomic E-state index is 0.0541. The number of carbonyl (C=O) groups is 1. The van der Waals surface area contributed by atoms with Gasteiger partial charge in [-0.15, -0.1) is 0 Å². The number of aromatic nitrogens is 2. The van der Waals surface area contributed by atoms with Gasteiger partial charge in [0.2, 0.25) is 0 Å². The molecular weight excluding hydrogens is 318 g/mol. The van der Waals surface area contributed by atoms with Crippen molar-refractivity contribution < 1.29 is 9.53 Å². The Balaban J connectivity index is 1.34. The molecule has 2 saturated heterocycles. The molecule has 2 aliphatic heterocycles. The van der Waals surface area contributed by atoms with Crippen molar-refractivity contribution in [3.05, 3.63) is 30.7 Å². The third-order valence-electron chi connectivity index (χ3n) is 4.97. The SMILES string of the molecule is O=C(NC1CCOCC1)N1CCN(c2ccc3ncncc3c2)CC1. The van der Waals surface area contributed by atoms with Gasteiger partial charge in [0.05, 0.1) is 5.52 Å². The van der Waals surface area contributed by atoms with Crippen LogP contribution >= 0.6 is 0 Å². The first-order valence-corrected chi connectivity index (χ1v) is 8.87. The molecule has 0 radical (unpaired) electrons. The van der Waals surface area contributed by atoms with Gasteiger partial charge in [-0.3, -0.25) is 0 Å². The number of anilines is 1. The van der Waals surface area contributed by atoms with Gasteiger partial charge in [0.25, 0.3) is 0 Å². The fourth-order valence-electron chi connectivity index (χ4n) is 3.44. The van der Waals surface area contributed by atoms with Crippen LogP contribution < -0.4 is 10.2 Å². The topological polar surface area (TPSA) is 70.6 Å². The lowest BCUT2D eigenvalue weighted by Crippen LogP contribution is -2.54. The van der Waals surface area contributed by atoms with Crippen LogP contribution in [-0.2, 0) is 4.74 Å². The molecule has 2 fully saturated rings. The molecule has 1 N–H and O–H groups in total. The first kappa shape index (κ1) is 16.1. The average molecular weight is 341 g/mol. The zero-order valence-electron chi connectivity index (χ0n) is 14.2. The van der Waals surface area contributed by atoms with Gasteiger partial charge in [0.15, 0.2) is 0 Å². The van der Waals surface area contributed by atoms with Gasteiger partial charge in [-0.25, -0.2) is 14.8 Å². The molecule has 0 unspecified atom stereocenters. The van der Waals surface area contributed by atoms with Crippen LogP contribution in [0.4, 0.5) is 10.5 Å². The van der Waals surface area contributed by atoms with E-state index in [2.05, 4.69) is 32.3 Å². The van der Waals surface area contributed by atoms with E-state index in [9.17, 15) is 4.79 Å². The summed E-state index contributed by atoms with van der Waals surface area (Å²) in [6.07, 6.45) is 5.22. The van der Waals surface area contributed by atoms with Crippen molar-refractivity contribution in [1.82, 2.24) is 20.2 Å². The first-order chi connectivity index (χ1) is 12.3. The molecule has 2 aromatic rings. The Morgan fingerprint density at radius 3 is 2.76 bits per heavy atom. The van der Waals surface area contributed by atoms with E-state index in [1.165, 1.54) is 0 Å². The number of amides is 2. The van der Waals surface area contributed by atoms with Crippen molar-refractivity contribution in [3.8, 4) is 0 Å². The molecule has 2 aliphatic rings. The summed E-state index contributed by atoms with van der Waals surface area (Å²) in [4.78, 5) is 25.0. The Kier molecular flexibility index (Phi) is 4.65. The Hall–Kier alpha value is -2.41. The Morgan fingerprint density at radius 1 is 1.16 bits per heavy atom. The van der Waals surface area contributed by atoms with Crippen LogP contribution in [-0.4, -0.2) is 66.3 Å². The molecule has 4 rings (SSSR count). The molecule has 0 saturated carbocycles. The summed E-state index contributed by atoms with van der Waals surface area (Å²) in [7, 11) is 0. The number of piperazine rings is 1. The van der Waals surface area contributed by atoms with Gasteiger partial charge in [-0.05, 0) is 31.0 Å². The van der Waals surface area contributed by atoms with Gasteiger partial charge in [0.1, 0.15) is 6.33 Å². The normalized spacial score (nSPS) is 19.2. The van der Waals surface area contributed by atoms with Crippen molar-refractivity contribution in [2.45, 2.75) is 18.9 Å². The van der Waals surface area contributed by atoms with E-state index in [1.54, 1.807) is 6.33 Å². The lowest BCUT2D eigenvalue weighted by Gasteiger charge is -2.37. The number of rotatable bonds is 2. The molecule has 132 valence electrons. The van der Waals surface area contributed by atoms with E-state index >= 15 is 0 Å². The van der Waals surface area contributed by atoms with E-state index in [-0.39, 0.29) is 12.1 Å². The second-order valence-corrected chi connectivity index (χ2v) is 6.58. The van der Waals surface area contributed by atoms with Gasteiger partial charge in [0, 0.05) is 62.7 Å². The monoisotopic (exact) mass is 341 g/mol. The van der Waals surface area contributed by atoms with Crippen molar-refractivity contribution >= 4 is 22.6 Å². The largest absolute Gasteiger partial charge is 0.381 e. The number of hydrogen-bond donors (Lipinski definition) is 1. The maximum absolute atomic E-state index is 12.4. The maximum atomic E-state index is 12.4. The van der Waals surface area contributed by atoms with Crippen LogP contribution in [0.3, 0.4) is 0 Å². The highest BCUT2D eigenvalue weighted by Crippen LogP contribution is 2.21. The van der Waals surface area contributed by atoms with Crippen LogP contribution in [0.25, 0.3) is 10.9 Å². The van der Waals surface area contributed by atoms with Crippen molar-refractivity contribution in [3.63, 3.8) is 0 Å². The highest BCUT2D eigenvalue weighted by atomic mass is 16.5. The highest BCUT2D eigenvalue weighted by Gasteiger charge is 2.24. The van der Waals surface area contributed by atoms with Gasteiger partial charge < -0.3 is 19.9 Å². The average Bonchev–Trinajstić information content (AvgIpc) is 2.68. The third kappa shape index (κ3) is 3.66. The molecular formula is C18H23N5O2. The number of benzene rings is 1. The molecule has 7 nitrogen and oxygen atoms in total. The van der Waals surface area contributed by atoms with Crippen LogP contribution in [0.5, 0.6) is 0 Å². The summed E-state index contributed by atoms with van der Waals surface area (Å²) in [6.45, 7) is 4.62. The fourth-order valence-corrected chi connectivity index (χ4v) is 3.44. The molecule has 3 heterocycles. The summed E-state index contributed by atoms with van der Waals surface area (Å²) < 4.78 is 5.34. The quantitative estimate of drug-likeness (QED) is 0.899. The second kappa shape index (κ2) is 7.23. The van der Waals surface area contributed by atoms with Crippen LogP contribution in [0.2, 0.25) is 0 Å². The molecule has 0 atom stereocenters. The predicted octanol–water partition coefficient (Wildman–Crippen LogP) is 1.64. The van der Waals surface area contributed by atoms with Gasteiger partial charge in [-0.1, -0.05) is 0 Å². The first-order valence-electron chi connectivity index (χ1n) is 8.87. The number of hydrogen-bond acceptors (Lipinski definition) is 5. The van der Waals surface area contributed by atoms with E-state index < -0.39 is 0 Å². The molecule has 0 bridgehead atoms. The smallest absolute Gasteiger partial charge is 0.317 e. The Morgan fingerprint density at radius 2 is 1.96 bits per heavy atom. The molecule has 2 amide bonds. The fraction of sp³-hybridized carbons (Fsp3) is 0.500.